The molecule has 102 valence electrons. The van der Waals surface area contributed by atoms with Crippen LogP contribution in [0.4, 0.5) is 0 Å². The highest BCUT2D eigenvalue weighted by Gasteiger charge is 2.13. The Morgan fingerprint density at radius 1 is 1.11 bits per heavy atom. The van der Waals surface area contributed by atoms with Gasteiger partial charge in [-0.05, 0) is 30.5 Å². The molecule has 0 amide bonds. The van der Waals surface area contributed by atoms with Gasteiger partial charge in [0.1, 0.15) is 0 Å². The molecule has 2 heteroatoms. The molecule has 0 saturated heterocycles. The van der Waals surface area contributed by atoms with Crippen molar-refractivity contribution < 1.29 is 4.42 Å². The van der Waals surface area contributed by atoms with E-state index in [1.807, 2.05) is 6.26 Å². The summed E-state index contributed by atoms with van der Waals surface area (Å²) in [6.45, 7) is 7.49. The fourth-order valence-electron chi connectivity index (χ4n) is 2.22. The van der Waals surface area contributed by atoms with Crippen LogP contribution in [0.25, 0.3) is 0 Å². The van der Waals surface area contributed by atoms with E-state index in [9.17, 15) is 0 Å². The zero-order valence-corrected chi connectivity index (χ0v) is 12.0. The first-order valence-electron chi connectivity index (χ1n) is 6.96. The van der Waals surface area contributed by atoms with E-state index in [-0.39, 0.29) is 0 Å². The van der Waals surface area contributed by atoms with Crippen molar-refractivity contribution in [3.8, 4) is 0 Å². The van der Waals surface area contributed by atoms with Crippen LogP contribution in [0.2, 0.25) is 0 Å². The van der Waals surface area contributed by atoms with Crippen LogP contribution < -0.4 is 5.32 Å². The molecule has 0 fully saturated rings. The van der Waals surface area contributed by atoms with Gasteiger partial charge in [-0.2, -0.15) is 0 Å². The van der Waals surface area contributed by atoms with E-state index in [4.69, 9.17) is 4.42 Å². The minimum absolute atomic E-state index is 0.487. The average Bonchev–Trinajstić information content (AvgIpc) is 2.88. The molecule has 0 saturated carbocycles. The predicted molar refractivity (Wildman–Crippen MR) is 79.5 cm³/mol. The maximum absolute atomic E-state index is 5.18. The lowest BCUT2D eigenvalue weighted by Crippen LogP contribution is -2.28. The second kappa shape index (κ2) is 6.58. The average molecular weight is 257 g/mol. The lowest BCUT2D eigenvalue weighted by Gasteiger charge is -2.19. The third kappa shape index (κ3) is 4.25. The van der Waals surface area contributed by atoms with Crippen molar-refractivity contribution in [1.29, 1.82) is 0 Å². The third-order valence-electron chi connectivity index (χ3n) is 3.38. The molecule has 1 N–H and O–H groups in total. The van der Waals surface area contributed by atoms with Gasteiger partial charge in [-0.3, -0.25) is 0 Å². The summed E-state index contributed by atoms with van der Waals surface area (Å²) in [6.07, 6.45) is 4.60. The molecule has 0 aliphatic carbocycles. The zero-order chi connectivity index (χ0) is 13.7. The smallest absolute Gasteiger partial charge is 0.0934 e. The summed E-state index contributed by atoms with van der Waals surface area (Å²) in [5.74, 6) is 0.487. The fourth-order valence-corrected chi connectivity index (χ4v) is 2.22. The highest BCUT2D eigenvalue weighted by atomic mass is 16.3. The zero-order valence-electron chi connectivity index (χ0n) is 12.0. The molecule has 1 aromatic carbocycles. The predicted octanol–water partition coefficient (Wildman–Crippen LogP) is 3.91. The molecule has 0 radical (unpaired) electrons. The largest absolute Gasteiger partial charge is 0.472 e. The van der Waals surface area contributed by atoms with Gasteiger partial charge in [0.2, 0.25) is 0 Å². The van der Waals surface area contributed by atoms with Gasteiger partial charge >= 0.3 is 0 Å². The van der Waals surface area contributed by atoms with Crippen molar-refractivity contribution in [2.75, 3.05) is 6.54 Å². The van der Waals surface area contributed by atoms with Gasteiger partial charge in [-0.1, -0.05) is 43.7 Å². The Morgan fingerprint density at radius 3 is 2.42 bits per heavy atom. The van der Waals surface area contributed by atoms with E-state index >= 15 is 0 Å². The molecular weight excluding hydrogens is 234 g/mol. The molecule has 1 heterocycles. The van der Waals surface area contributed by atoms with Gasteiger partial charge in [0, 0.05) is 18.5 Å². The molecule has 0 spiro atoms. The molecule has 1 unspecified atom stereocenters. The molecule has 1 aromatic heterocycles. The summed E-state index contributed by atoms with van der Waals surface area (Å²) in [7, 11) is 0. The Morgan fingerprint density at radius 2 is 1.84 bits per heavy atom. The molecule has 2 aromatic rings. The minimum Gasteiger partial charge on any atom is -0.472 e. The molecule has 0 bridgehead atoms. The molecule has 0 aliphatic heterocycles. The lowest BCUT2D eigenvalue weighted by atomic mass is 9.92. The van der Waals surface area contributed by atoms with Gasteiger partial charge in [-0.15, -0.1) is 0 Å². The van der Waals surface area contributed by atoms with Crippen LogP contribution in [-0.4, -0.2) is 12.6 Å². The fraction of sp³-hybridized carbons (Fsp3) is 0.412. The van der Waals surface area contributed by atoms with E-state index in [1.165, 1.54) is 16.7 Å². The first kappa shape index (κ1) is 13.9. The Labute approximate surface area is 115 Å². The second-order valence-electron chi connectivity index (χ2n) is 5.51. The first-order valence-corrected chi connectivity index (χ1v) is 6.96. The number of hydrogen-bond donors (Lipinski definition) is 1. The van der Waals surface area contributed by atoms with Gasteiger partial charge in [0.25, 0.3) is 0 Å². The molecule has 0 aliphatic rings. The topological polar surface area (TPSA) is 25.2 Å². The molecule has 2 rings (SSSR count). The van der Waals surface area contributed by atoms with Crippen LogP contribution in [0.3, 0.4) is 0 Å². The molecule has 19 heavy (non-hydrogen) atoms. The van der Waals surface area contributed by atoms with Gasteiger partial charge in [0.15, 0.2) is 0 Å². The van der Waals surface area contributed by atoms with Crippen LogP contribution in [0.1, 0.15) is 36.5 Å². The van der Waals surface area contributed by atoms with Crippen LogP contribution in [0, 0.1) is 6.92 Å². The van der Waals surface area contributed by atoms with Crippen molar-refractivity contribution in [2.45, 2.75) is 39.2 Å². The SMILES string of the molecule is Cc1ccc(C(CNC(C)C)Cc2ccoc2)cc1. The van der Waals surface area contributed by atoms with Crippen LogP contribution in [-0.2, 0) is 6.42 Å². The van der Waals surface area contributed by atoms with E-state index < -0.39 is 0 Å². The second-order valence-corrected chi connectivity index (χ2v) is 5.51. The van der Waals surface area contributed by atoms with Crippen LogP contribution >= 0.6 is 0 Å². The first-order chi connectivity index (χ1) is 9.15. The third-order valence-corrected chi connectivity index (χ3v) is 3.38. The summed E-state index contributed by atoms with van der Waals surface area (Å²) in [5.41, 5.74) is 3.96. The summed E-state index contributed by atoms with van der Waals surface area (Å²) in [5, 5.41) is 3.54. The number of aryl methyl sites for hydroxylation is 1. The summed E-state index contributed by atoms with van der Waals surface area (Å²) in [6, 6.07) is 11.4. The van der Waals surface area contributed by atoms with Crippen molar-refractivity contribution >= 4 is 0 Å². The summed E-state index contributed by atoms with van der Waals surface area (Å²) >= 11 is 0. The van der Waals surface area contributed by atoms with Crippen molar-refractivity contribution in [3.63, 3.8) is 0 Å². The van der Waals surface area contributed by atoms with E-state index in [1.54, 1.807) is 6.26 Å². The van der Waals surface area contributed by atoms with Crippen LogP contribution in [0.5, 0.6) is 0 Å². The maximum Gasteiger partial charge on any atom is 0.0934 e. The van der Waals surface area contributed by atoms with Crippen molar-refractivity contribution in [2.24, 2.45) is 0 Å². The highest BCUT2D eigenvalue weighted by molar-refractivity contribution is 5.26. The van der Waals surface area contributed by atoms with E-state index in [0.717, 1.165) is 13.0 Å². The minimum atomic E-state index is 0.487. The van der Waals surface area contributed by atoms with E-state index in [2.05, 4.69) is 56.4 Å². The monoisotopic (exact) mass is 257 g/mol. The number of nitrogens with one attached hydrogen (secondary N) is 1. The Kier molecular flexibility index (Phi) is 4.80. The van der Waals surface area contributed by atoms with Gasteiger partial charge < -0.3 is 9.73 Å². The Balaban J connectivity index is 2.11. The molecular formula is C17H23NO. The van der Waals surface area contributed by atoms with Crippen molar-refractivity contribution in [3.05, 3.63) is 59.5 Å². The van der Waals surface area contributed by atoms with Crippen molar-refractivity contribution in [1.82, 2.24) is 5.32 Å². The maximum atomic E-state index is 5.18. The van der Waals surface area contributed by atoms with Gasteiger partial charge in [-0.25, -0.2) is 0 Å². The standard InChI is InChI=1S/C17H23NO/c1-13(2)18-11-17(10-15-8-9-19-12-15)16-6-4-14(3)5-7-16/h4-9,12-13,17-18H,10-11H2,1-3H3. The molecule has 2 nitrogen and oxygen atoms in total. The Hall–Kier alpha value is -1.54. The number of rotatable bonds is 6. The van der Waals surface area contributed by atoms with Gasteiger partial charge in [0.05, 0.1) is 12.5 Å². The number of furan rings is 1. The number of hydrogen-bond acceptors (Lipinski definition) is 2. The summed E-state index contributed by atoms with van der Waals surface area (Å²) in [4.78, 5) is 0. The van der Waals surface area contributed by atoms with Crippen LogP contribution in [0.15, 0.2) is 47.3 Å². The number of benzene rings is 1. The lowest BCUT2D eigenvalue weighted by molar-refractivity contribution is 0.521. The summed E-state index contributed by atoms with van der Waals surface area (Å²) < 4.78 is 5.18. The Bertz CT molecular complexity index is 470. The van der Waals surface area contributed by atoms with E-state index in [0.29, 0.717) is 12.0 Å². The molecule has 1 atom stereocenters. The quantitative estimate of drug-likeness (QED) is 0.848. The highest BCUT2D eigenvalue weighted by Crippen LogP contribution is 2.21. The normalized spacial score (nSPS) is 12.8.